The molecule has 9 heteroatoms. The number of carbonyl (C=O) groups excluding carboxylic acids is 1. The van der Waals surface area contributed by atoms with Gasteiger partial charge < -0.3 is 9.80 Å². The minimum atomic E-state index is 0.0340. The molecule has 134 valence electrons. The summed E-state index contributed by atoms with van der Waals surface area (Å²) in [4.78, 5) is 22.4. The number of anilines is 2. The van der Waals surface area contributed by atoms with Crippen molar-refractivity contribution in [2.75, 3.05) is 43.0 Å². The predicted molar refractivity (Wildman–Crippen MR) is 96.6 cm³/mol. The van der Waals surface area contributed by atoms with Gasteiger partial charge in [0.2, 0.25) is 0 Å². The lowest BCUT2D eigenvalue weighted by molar-refractivity contribution is 0.229. The molecule has 0 atom stereocenters. The smallest absolute Gasteiger partial charge is 0.324 e. The second-order valence-electron chi connectivity index (χ2n) is 6.96. The number of carbonyl (C=O) groups is 1. The van der Waals surface area contributed by atoms with Crippen molar-refractivity contribution in [2.24, 2.45) is 0 Å². The standard InChI is InChI=1S/C17H20N8O/c1-12-7-15-16(18-3-4-24(15)20-12)22-9-14(10-22)25-11-13(8-19-25)23-6-5-21(2)17(23)26/h3-4,7-8,11,14H,5-6,9-10H2,1-2H3. The average molecular weight is 352 g/mol. The number of hydrogen-bond acceptors (Lipinski definition) is 5. The Morgan fingerprint density at radius 3 is 2.85 bits per heavy atom. The zero-order valence-corrected chi connectivity index (χ0v) is 14.8. The Bertz CT molecular complexity index is 986. The summed E-state index contributed by atoms with van der Waals surface area (Å²) in [6.45, 7) is 5.13. The molecule has 0 radical (unpaired) electrons. The number of urea groups is 1. The molecule has 2 saturated heterocycles. The summed E-state index contributed by atoms with van der Waals surface area (Å²) in [7, 11) is 1.82. The summed E-state index contributed by atoms with van der Waals surface area (Å²) < 4.78 is 3.83. The molecule has 0 N–H and O–H groups in total. The Labute approximate surface area is 150 Å². The quantitative estimate of drug-likeness (QED) is 0.707. The van der Waals surface area contributed by atoms with Gasteiger partial charge in [-0.15, -0.1) is 0 Å². The van der Waals surface area contributed by atoms with E-state index in [9.17, 15) is 4.79 Å². The molecule has 2 aliphatic rings. The van der Waals surface area contributed by atoms with Gasteiger partial charge in [-0.05, 0) is 13.0 Å². The Morgan fingerprint density at radius 2 is 2.08 bits per heavy atom. The number of rotatable bonds is 3. The van der Waals surface area contributed by atoms with Crippen molar-refractivity contribution in [1.82, 2.24) is 29.3 Å². The first kappa shape index (κ1) is 15.2. The monoisotopic (exact) mass is 352 g/mol. The first-order valence-electron chi connectivity index (χ1n) is 8.73. The van der Waals surface area contributed by atoms with Crippen LogP contribution >= 0.6 is 0 Å². The van der Waals surface area contributed by atoms with Crippen LogP contribution < -0.4 is 9.80 Å². The minimum absolute atomic E-state index is 0.0340. The van der Waals surface area contributed by atoms with E-state index in [1.807, 2.05) is 35.6 Å². The van der Waals surface area contributed by atoms with E-state index < -0.39 is 0 Å². The van der Waals surface area contributed by atoms with Crippen LogP contribution in [-0.4, -0.2) is 68.5 Å². The van der Waals surface area contributed by atoms with Crippen molar-refractivity contribution in [3.8, 4) is 0 Å². The van der Waals surface area contributed by atoms with Gasteiger partial charge in [0.15, 0.2) is 5.82 Å². The van der Waals surface area contributed by atoms with Crippen molar-refractivity contribution in [1.29, 1.82) is 0 Å². The van der Waals surface area contributed by atoms with Gasteiger partial charge in [0.1, 0.15) is 5.52 Å². The maximum Gasteiger partial charge on any atom is 0.324 e. The molecule has 2 aliphatic heterocycles. The fourth-order valence-corrected chi connectivity index (χ4v) is 3.62. The van der Waals surface area contributed by atoms with Crippen LogP contribution in [-0.2, 0) is 0 Å². The second kappa shape index (κ2) is 5.45. The first-order chi connectivity index (χ1) is 12.6. The fraction of sp³-hybridized carbons (Fsp3) is 0.412. The van der Waals surface area contributed by atoms with Gasteiger partial charge in [-0.1, -0.05) is 0 Å². The third-order valence-electron chi connectivity index (χ3n) is 5.14. The summed E-state index contributed by atoms with van der Waals surface area (Å²) in [5.41, 5.74) is 2.87. The molecule has 0 unspecified atom stereocenters. The summed E-state index contributed by atoms with van der Waals surface area (Å²) in [6, 6.07) is 2.37. The molecular weight excluding hydrogens is 332 g/mol. The fourth-order valence-electron chi connectivity index (χ4n) is 3.62. The molecule has 2 amide bonds. The molecule has 9 nitrogen and oxygen atoms in total. The highest BCUT2D eigenvalue weighted by Crippen LogP contribution is 2.30. The zero-order valence-electron chi connectivity index (χ0n) is 14.8. The van der Waals surface area contributed by atoms with Crippen LogP contribution in [0.5, 0.6) is 0 Å². The van der Waals surface area contributed by atoms with E-state index >= 15 is 0 Å². The van der Waals surface area contributed by atoms with Crippen LogP contribution in [0.1, 0.15) is 11.7 Å². The normalized spacial score (nSPS) is 18.2. The molecule has 0 saturated carbocycles. The summed E-state index contributed by atoms with van der Waals surface area (Å²) in [6.07, 6.45) is 7.39. The lowest BCUT2D eigenvalue weighted by atomic mass is 10.1. The third-order valence-corrected chi connectivity index (χ3v) is 5.14. The molecule has 0 spiro atoms. The lowest BCUT2D eigenvalue weighted by Gasteiger charge is -2.40. The van der Waals surface area contributed by atoms with Crippen LogP contribution in [0.15, 0.2) is 30.9 Å². The molecular formula is C17H20N8O. The molecule has 26 heavy (non-hydrogen) atoms. The molecule has 0 aliphatic carbocycles. The highest BCUT2D eigenvalue weighted by Gasteiger charge is 2.33. The van der Waals surface area contributed by atoms with E-state index in [0.717, 1.165) is 42.4 Å². The molecule has 2 fully saturated rings. The molecule has 5 rings (SSSR count). The summed E-state index contributed by atoms with van der Waals surface area (Å²) in [5.74, 6) is 0.952. The Balaban J connectivity index is 1.32. The van der Waals surface area contributed by atoms with Gasteiger partial charge in [-0.25, -0.2) is 14.3 Å². The second-order valence-corrected chi connectivity index (χ2v) is 6.96. The molecule has 3 aromatic heterocycles. The van der Waals surface area contributed by atoms with Gasteiger partial charge in [0.05, 0.1) is 23.6 Å². The molecule has 3 aromatic rings. The Morgan fingerprint density at radius 1 is 1.23 bits per heavy atom. The summed E-state index contributed by atoms with van der Waals surface area (Å²) >= 11 is 0. The summed E-state index contributed by atoms with van der Waals surface area (Å²) in [5, 5.41) is 8.92. The van der Waals surface area contributed by atoms with Crippen molar-refractivity contribution in [3.05, 3.63) is 36.5 Å². The van der Waals surface area contributed by atoms with E-state index in [4.69, 9.17) is 0 Å². The van der Waals surface area contributed by atoms with Crippen LogP contribution in [0.25, 0.3) is 5.52 Å². The van der Waals surface area contributed by atoms with Crippen LogP contribution in [0, 0.1) is 6.92 Å². The number of likely N-dealkylation sites (N-methyl/N-ethyl adjacent to an activating group) is 1. The molecule has 0 bridgehead atoms. The predicted octanol–water partition coefficient (Wildman–Crippen LogP) is 1.17. The number of amides is 2. The first-order valence-corrected chi connectivity index (χ1v) is 8.73. The number of hydrogen-bond donors (Lipinski definition) is 0. The van der Waals surface area contributed by atoms with E-state index in [1.165, 1.54) is 0 Å². The Kier molecular flexibility index (Phi) is 3.18. The van der Waals surface area contributed by atoms with Gasteiger partial charge in [-0.3, -0.25) is 9.58 Å². The maximum atomic E-state index is 12.1. The van der Waals surface area contributed by atoms with E-state index in [-0.39, 0.29) is 12.1 Å². The topological polar surface area (TPSA) is 74.8 Å². The van der Waals surface area contributed by atoms with Crippen LogP contribution in [0.2, 0.25) is 0 Å². The largest absolute Gasteiger partial charge is 0.350 e. The number of aryl methyl sites for hydroxylation is 1. The highest BCUT2D eigenvalue weighted by atomic mass is 16.2. The van der Waals surface area contributed by atoms with Crippen LogP contribution in [0.4, 0.5) is 16.3 Å². The van der Waals surface area contributed by atoms with Gasteiger partial charge in [-0.2, -0.15) is 10.2 Å². The third kappa shape index (κ3) is 2.23. The minimum Gasteiger partial charge on any atom is -0.350 e. The number of fused-ring (bicyclic) bond motifs is 1. The van der Waals surface area contributed by atoms with Crippen LogP contribution in [0.3, 0.4) is 0 Å². The average Bonchev–Trinajstić information content (AvgIpc) is 3.26. The van der Waals surface area contributed by atoms with Crippen molar-refractivity contribution in [3.63, 3.8) is 0 Å². The van der Waals surface area contributed by atoms with Gasteiger partial charge in [0, 0.05) is 51.8 Å². The number of nitrogens with zero attached hydrogens (tertiary/aromatic N) is 8. The maximum absolute atomic E-state index is 12.1. The van der Waals surface area contributed by atoms with E-state index in [1.54, 1.807) is 22.2 Å². The lowest BCUT2D eigenvalue weighted by Crippen LogP contribution is -2.48. The highest BCUT2D eigenvalue weighted by molar-refractivity contribution is 5.93. The SMILES string of the molecule is Cc1cc2c(N3CC(n4cc(N5CCN(C)C5=O)cn4)C3)nccn2n1. The molecule has 0 aromatic carbocycles. The van der Waals surface area contributed by atoms with Crippen molar-refractivity contribution >= 4 is 23.1 Å². The zero-order chi connectivity index (χ0) is 17.8. The van der Waals surface area contributed by atoms with E-state index in [0.29, 0.717) is 6.54 Å². The number of aromatic nitrogens is 5. The van der Waals surface area contributed by atoms with E-state index in [2.05, 4.69) is 26.1 Å². The van der Waals surface area contributed by atoms with Gasteiger partial charge in [0.25, 0.3) is 0 Å². The Hall–Kier alpha value is -3.10. The van der Waals surface area contributed by atoms with Gasteiger partial charge >= 0.3 is 6.03 Å². The van der Waals surface area contributed by atoms with Crippen molar-refractivity contribution in [2.45, 2.75) is 13.0 Å². The molecule has 5 heterocycles. The van der Waals surface area contributed by atoms with Crippen molar-refractivity contribution < 1.29 is 4.79 Å².